The van der Waals surface area contributed by atoms with Crippen LogP contribution in [0.3, 0.4) is 0 Å². The number of nitrogens with zero attached hydrogens (tertiary/aromatic N) is 1. The number of unbranched alkanes of at least 4 members (excludes halogenated alkanes) is 1. The molecule has 0 amide bonds. The highest BCUT2D eigenvalue weighted by Gasteiger charge is 2.05. The van der Waals surface area contributed by atoms with E-state index < -0.39 is 10.9 Å². The van der Waals surface area contributed by atoms with Gasteiger partial charge < -0.3 is 61.9 Å². The summed E-state index contributed by atoms with van der Waals surface area (Å²) in [5.74, 6) is -0.675. The molecule has 0 aliphatic heterocycles. The number of hydrogen-bond acceptors (Lipinski definition) is 16. The molecule has 1 aromatic carbocycles. The molecule has 1 rings (SSSR count). The van der Waals surface area contributed by atoms with Crippen LogP contribution in [0, 0.1) is 10.1 Å². The van der Waals surface area contributed by atoms with Crippen LogP contribution in [0.2, 0.25) is 0 Å². The van der Waals surface area contributed by atoms with E-state index in [1.807, 2.05) is 0 Å². The van der Waals surface area contributed by atoms with Crippen molar-refractivity contribution >= 4 is 17.6 Å². The number of rotatable bonds is 40. The molecule has 0 bridgehead atoms. The average molecular weight is 752 g/mol. The Hall–Kier alpha value is -3.04. The number of non-ortho nitro benzene ring substituents is 1. The van der Waals surface area contributed by atoms with Gasteiger partial charge in [0, 0.05) is 25.0 Å². The lowest BCUT2D eigenvalue weighted by Crippen LogP contribution is -2.15. The number of carboxylic acid groups (broad SMARTS) is 1. The van der Waals surface area contributed by atoms with Gasteiger partial charge in [-0.2, -0.15) is 0 Å². The summed E-state index contributed by atoms with van der Waals surface area (Å²) >= 11 is 0. The number of carbonyl (C=O) groups is 2. The summed E-state index contributed by atoms with van der Waals surface area (Å²) in [5.41, 5.74) is 0.0183. The van der Waals surface area contributed by atoms with Gasteiger partial charge in [0.1, 0.15) is 19.0 Å². The summed E-state index contributed by atoms with van der Waals surface area (Å²) in [7, 11) is 0. The van der Waals surface area contributed by atoms with Crippen LogP contribution in [-0.4, -0.2) is 167 Å². The summed E-state index contributed by atoms with van der Waals surface area (Å²) in [5, 5.41) is 19.2. The van der Waals surface area contributed by atoms with Gasteiger partial charge in [-0.15, -0.1) is 0 Å². The van der Waals surface area contributed by atoms with Crippen molar-refractivity contribution in [3.8, 4) is 5.75 Å². The molecule has 0 fully saturated rings. The third-order valence-corrected chi connectivity index (χ3v) is 6.40. The molecule has 0 saturated heterocycles. The van der Waals surface area contributed by atoms with E-state index in [1.54, 1.807) is 12.1 Å². The molecule has 0 spiro atoms. The predicted molar refractivity (Wildman–Crippen MR) is 184 cm³/mol. The fourth-order valence-corrected chi connectivity index (χ4v) is 3.80. The maximum atomic E-state index is 11.5. The van der Waals surface area contributed by atoms with Crippen molar-refractivity contribution < 1.29 is 76.5 Å². The monoisotopic (exact) mass is 751 g/mol. The van der Waals surface area contributed by atoms with E-state index in [9.17, 15) is 19.7 Å². The second-order valence-corrected chi connectivity index (χ2v) is 10.5. The third-order valence-electron chi connectivity index (χ3n) is 6.40. The second kappa shape index (κ2) is 36.3. The molecule has 0 aromatic heterocycles. The largest absolute Gasteiger partial charge is 0.491 e. The lowest BCUT2D eigenvalue weighted by molar-refractivity contribution is -0.384. The molecular formula is C34H57NO17. The fourth-order valence-electron chi connectivity index (χ4n) is 3.80. The molecule has 300 valence electrons. The molecule has 0 saturated carbocycles. The number of ether oxygens (including phenoxy) is 12. The van der Waals surface area contributed by atoms with Crippen molar-refractivity contribution in [1.82, 2.24) is 0 Å². The molecule has 1 aromatic rings. The van der Waals surface area contributed by atoms with E-state index in [0.717, 1.165) is 0 Å². The Morgan fingerprint density at radius 2 is 0.788 bits per heavy atom. The van der Waals surface area contributed by atoms with Crippen molar-refractivity contribution in [1.29, 1.82) is 0 Å². The first-order valence-corrected chi connectivity index (χ1v) is 17.5. The van der Waals surface area contributed by atoms with Gasteiger partial charge in [0.15, 0.2) is 0 Å². The quantitative estimate of drug-likeness (QED) is 0.0442. The van der Waals surface area contributed by atoms with Gasteiger partial charge in [-0.05, 0) is 25.0 Å². The van der Waals surface area contributed by atoms with Gasteiger partial charge in [-0.3, -0.25) is 19.7 Å². The van der Waals surface area contributed by atoms with Crippen LogP contribution in [-0.2, 0) is 61.7 Å². The SMILES string of the molecule is O=C(O)CCCCC(=O)OCCOCCOCCOCCOCCOCCOCCOCCOCCOCCOCCOc1ccc([N+](=O)[O-])cc1. The van der Waals surface area contributed by atoms with Gasteiger partial charge in [-0.25, -0.2) is 0 Å². The minimum atomic E-state index is -0.868. The first kappa shape index (κ1) is 47.0. The van der Waals surface area contributed by atoms with Crippen molar-refractivity contribution in [2.75, 3.05) is 145 Å². The van der Waals surface area contributed by atoms with E-state index in [2.05, 4.69) is 0 Å². The van der Waals surface area contributed by atoms with Gasteiger partial charge >= 0.3 is 11.9 Å². The lowest BCUT2D eigenvalue weighted by Gasteiger charge is -2.09. The molecule has 0 aliphatic carbocycles. The molecule has 52 heavy (non-hydrogen) atoms. The van der Waals surface area contributed by atoms with E-state index in [1.165, 1.54) is 12.1 Å². The van der Waals surface area contributed by atoms with Crippen molar-refractivity contribution in [2.45, 2.75) is 25.7 Å². The van der Waals surface area contributed by atoms with Crippen LogP contribution in [0.4, 0.5) is 5.69 Å². The van der Waals surface area contributed by atoms with Crippen molar-refractivity contribution in [2.24, 2.45) is 0 Å². The summed E-state index contributed by atoms with van der Waals surface area (Å²) in [6.45, 7) is 9.17. The van der Waals surface area contributed by atoms with E-state index >= 15 is 0 Å². The Morgan fingerprint density at radius 3 is 1.12 bits per heavy atom. The third kappa shape index (κ3) is 32.8. The highest BCUT2D eigenvalue weighted by atomic mass is 16.6. The van der Waals surface area contributed by atoms with E-state index in [-0.39, 0.29) is 37.7 Å². The molecule has 18 nitrogen and oxygen atoms in total. The zero-order valence-corrected chi connectivity index (χ0v) is 30.1. The van der Waals surface area contributed by atoms with Crippen LogP contribution in [0.1, 0.15) is 25.7 Å². The first-order chi connectivity index (χ1) is 25.5. The summed E-state index contributed by atoms with van der Waals surface area (Å²) in [4.78, 5) is 32.1. The minimum absolute atomic E-state index is 0.0183. The maximum absolute atomic E-state index is 11.5. The molecular weight excluding hydrogens is 694 g/mol. The Labute approximate surface area is 305 Å². The number of carbonyl (C=O) groups excluding carboxylic acids is 1. The number of hydrogen-bond donors (Lipinski definition) is 1. The number of aliphatic carboxylic acids is 1. The molecule has 1 N–H and O–H groups in total. The Morgan fingerprint density at radius 1 is 0.481 bits per heavy atom. The van der Waals surface area contributed by atoms with Crippen LogP contribution in [0.25, 0.3) is 0 Å². The van der Waals surface area contributed by atoms with Crippen LogP contribution < -0.4 is 4.74 Å². The normalized spacial score (nSPS) is 11.2. The standard InChI is InChI=1S/C34H57NO17/c36-33(37)3-1-2-4-34(38)52-30-28-50-26-24-48-22-20-46-18-16-44-14-12-42-10-9-41-11-13-43-15-17-45-19-21-47-23-25-49-27-29-51-32-7-5-31(6-8-32)35(39)40/h5-8H,1-4,9-30H2,(H,36,37). The molecule has 0 aliphatic rings. The molecule has 18 heteroatoms. The van der Waals surface area contributed by atoms with Gasteiger partial charge in [0.25, 0.3) is 5.69 Å². The van der Waals surface area contributed by atoms with Gasteiger partial charge in [0.2, 0.25) is 0 Å². The topological polar surface area (TPSA) is 208 Å². The maximum Gasteiger partial charge on any atom is 0.305 e. The Bertz CT molecular complexity index is 985. The highest BCUT2D eigenvalue weighted by Crippen LogP contribution is 2.17. The number of esters is 1. The predicted octanol–water partition coefficient (Wildman–Crippen LogP) is 2.33. The fraction of sp³-hybridized carbons (Fsp3) is 0.765. The van der Waals surface area contributed by atoms with Crippen LogP contribution in [0.15, 0.2) is 24.3 Å². The zero-order valence-electron chi connectivity index (χ0n) is 30.1. The Kier molecular flexibility index (Phi) is 32.8. The average Bonchev–Trinajstić information content (AvgIpc) is 3.13. The van der Waals surface area contributed by atoms with E-state index in [4.69, 9.17) is 61.9 Å². The van der Waals surface area contributed by atoms with Crippen LogP contribution in [0.5, 0.6) is 5.75 Å². The molecule has 0 atom stereocenters. The highest BCUT2D eigenvalue weighted by molar-refractivity contribution is 5.69. The zero-order chi connectivity index (χ0) is 37.6. The molecule has 0 unspecified atom stereocenters. The number of nitro groups is 1. The van der Waals surface area contributed by atoms with Gasteiger partial charge in [0.05, 0.1) is 137 Å². The summed E-state index contributed by atoms with van der Waals surface area (Å²) in [6, 6.07) is 5.88. The second-order valence-electron chi connectivity index (χ2n) is 10.5. The number of nitro benzene ring substituents is 1. The number of benzene rings is 1. The van der Waals surface area contributed by atoms with E-state index in [0.29, 0.717) is 151 Å². The Balaban J connectivity index is 1.65. The van der Waals surface area contributed by atoms with Gasteiger partial charge in [-0.1, -0.05) is 0 Å². The first-order valence-electron chi connectivity index (χ1n) is 17.5. The summed E-state index contributed by atoms with van der Waals surface area (Å²) < 4.78 is 64.8. The van der Waals surface area contributed by atoms with Crippen molar-refractivity contribution in [3.05, 3.63) is 34.4 Å². The van der Waals surface area contributed by atoms with Crippen molar-refractivity contribution in [3.63, 3.8) is 0 Å². The summed E-state index contributed by atoms with van der Waals surface area (Å²) in [6.07, 6.45) is 1.21. The minimum Gasteiger partial charge on any atom is -0.491 e. The number of carboxylic acids is 1. The molecule has 0 radical (unpaired) electrons. The van der Waals surface area contributed by atoms with Crippen LogP contribution >= 0.6 is 0 Å². The smallest absolute Gasteiger partial charge is 0.305 e. The molecule has 0 heterocycles. The lowest BCUT2D eigenvalue weighted by atomic mass is 10.2.